The number of amides is 1. The van der Waals surface area contributed by atoms with Crippen molar-refractivity contribution in [3.05, 3.63) is 26.5 Å². The van der Waals surface area contributed by atoms with Crippen LogP contribution in [0.5, 0.6) is 0 Å². The summed E-state index contributed by atoms with van der Waals surface area (Å²) in [7, 11) is 0. The molecule has 1 aromatic heterocycles. The molecule has 0 fully saturated rings. The van der Waals surface area contributed by atoms with Gasteiger partial charge in [0, 0.05) is 9.77 Å². The molecule has 0 unspecified atom stereocenters. The van der Waals surface area contributed by atoms with Crippen molar-refractivity contribution < 1.29 is 4.79 Å². The van der Waals surface area contributed by atoms with E-state index in [1.807, 2.05) is 28.0 Å². The molecule has 6 heteroatoms. The summed E-state index contributed by atoms with van der Waals surface area (Å²) in [6, 6.07) is 1.61. The summed E-state index contributed by atoms with van der Waals surface area (Å²) in [6.45, 7) is 0. The van der Waals surface area contributed by atoms with Crippen LogP contribution in [0.2, 0.25) is 5.15 Å². The molecule has 0 aliphatic heterocycles. The van der Waals surface area contributed by atoms with Crippen LogP contribution >= 0.6 is 34.2 Å². The standard InChI is InChI=1S/C6H5ClIN3O/c7-5-4(6(12)11-9)1-3(8)2-10-5/h1-2H,9H2,(H,11,12). The van der Waals surface area contributed by atoms with Gasteiger partial charge in [-0.3, -0.25) is 10.2 Å². The summed E-state index contributed by atoms with van der Waals surface area (Å²) in [5.74, 6) is 4.50. The van der Waals surface area contributed by atoms with Crippen LogP contribution in [-0.2, 0) is 0 Å². The van der Waals surface area contributed by atoms with Crippen LogP contribution < -0.4 is 11.3 Å². The van der Waals surface area contributed by atoms with Gasteiger partial charge in [0.1, 0.15) is 5.15 Å². The van der Waals surface area contributed by atoms with Gasteiger partial charge in [-0.1, -0.05) is 11.6 Å². The first-order valence-corrected chi connectivity index (χ1v) is 4.43. The number of nitrogen functional groups attached to an aromatic ring is 1. The first-order chi connectivity index (χ1) is 5.65. The van der Waals surface area contributed by atoms with E-state index in [-0.39, 0.29) is 10.7 Å². The number of aromatic nitrogens is 1. The first kappa shape index (κ1) is 9.69. The molecule has 1 heterocycles. The van der Waals surface area contributed by atoms with Crippen LogP contribution in [-0.4, -0.2) is 10.9 Å². The summed E-state index contributed by atoms with van der Waals surface area (Å²) >= 11 is 7.67. The number of halogens is 2. The summed E-state index contributed by atoms with van der Waals surface area (Å²) in [4.78, 5) is 14.8. The molecule has 0 saturated carbocycles. The van der Waals surface area contributed by atoms with Crippen molar-refractivity contribution in [2.75, 3.05) is 0 Å². The number of hydrazine groups is 1. The van der Waals surface area contributed by atoms with Gasteiger partial charge in [0.05, 0.1) is 5.56 Å². The molecule has 1 rings (SSSR count). The highest BCUT2D eigenvalue weighted by Gasteiger charge is 2.09. The first-order valence-electron chi connectivity index (χ1n) is 2.97. The topological polar surface area (TPSA) is 68.0 Å². The van der Waals surface area contributed by atoms with Gasteiger partial charge in [-0.05, 0) is 28.7 Å². The van der Waals surface area contributed by atoms with Gasteiger partial charge < -0.3 is 0 Å². The van der Waals surface area contributed by atoms with Crippen molar-refractivity contribution in [3.8, 4) is 0 Å². The second-order valence-corrected chi connectivity index (χ2v) is 3.57. The zero-order valence-electron chi connectivity index (χ0n) is 5.84. The Morgan fingerprint density at radius 3 is 3.00 bits per heavy atom. The lowest BCUT2D eigenvalue weighted by Crippen LogP contribution is -2.30. The molecule has 0 aromatic carbocycles. The number of hydrogen-bond donors (Lipinski definition) is 2. The van der Waals surface area contributed by atoms with Gasteiger partial charge >= 0.3 is 0 Å². The van der Waals surface area contributed by atoms with E-state index in [0.717, 1.165) is 3.57 Å². The maximum absolute atomic E-state index is 11.0. The molecule has 0 atom stereocenters. The Bertz CT molecular complexity index is 318. The predicted octanol–water partition coefficient (Wildman–Crippen LogP) is 0.943. The van der Waals surface area contributed by atoms with Crippen molar-refractivity contribution in [2.24, 2.45) is 5.84 Å². The van der Waals surface area contributed by atoms with Gasteiger partial charge in [0.15, 0.2) is 0 Å². The molecule has 1 amide bonds. The minimum Gasteiger partial charge on any atom is -0.290 e. The minimum atomic E-state index is -0.439. The summed E-state index contributed by atoms with van der Waals surface area (Å²) < 4.78 is 0.829. The number of carbonyl (C=O) groups is 1. The zero-order chi connectivity index (χ0) is 9.14. The lowest BCUT2D eigenvalue weighted by molar-refractivity contribution is 0.0953. The Morgan fingerprint density at radius 1 is 1.75 bits per heavy atom. The number of pyridine rings is 1. The lowest BCUT2D eigenvalue weighted by atomic mass is 10.3. The molecule has 0 saturated heterocycles. The van der Waals surface area contributed by atoms with Crippen LogP contribution in [0.15, 0.2) is 12.3 Å². The van der Waals surface area contributed by atoms with Crippen LogP contribution in [0.3, 0.4) is 0 Å². The Labute approximate surface area is 87.6 Å². The molecule has 12 heavy (non-hydrogen) atoms. The molecule has 0 aliphatic rings. The molecule has 0 bridgehead atoms. The molecule has 3 N–H and O–H groups in total. The van der Waals surface area contributed by atoms with Crippen molar-refractivity contribution in [2.45, 2.75) is 0 Å². The summed E-state index contributed by atoms with van der Waals surface area (Å²) in [6.07, 6.45) is 1.57. The molecule has 64 valence electrons. The SMILES string of the molecule is NNC(=O)c1cc(I)cnc1Cl. The molecule has 0 spiro atoms. The average molecular weight is 297 g/mol. The van der Waals surface area contributed by atoms with E-state index < -0.39 is 5.91 Å². The van der Waals surface area contributed by atoms with Crippen molar-refractivity contribution in [1.82, 2.24) is 10.4 Å². The Balaban J connectivity index is 3.13. The number of rotatable bonds is 1. The van der Waals surface area contributed by atoms with Crippen molar-refractivity contribution in [3.63, 3.8) is 0 Å². The van der Waals surface area contributed by atoms with Crippen LogP contribution in [0.25, 0.3) is 0 Å². The van der Waals surface area contributed by atoms with Gasteiger partial charge in [0.25, 0.3) is 5.91 Å². The maximum Gasteiger partial charge on any atom is 0.268 e. The number of nitrogens with two attached hydrogens (primary N) is 1. The summed E-state index contributed by atoms with van der Waals surface area (Å²) in [5, 5.41) is 0.151. The number of nitrogens with zero attached hydrogens (tertiary/aromatic N) is 1. The monoisotopic (exact) mass is 297 g/mol. The molecule has 1 aromatic rings. The fraction of sp³-hybridized carbons (Fsp3) is 0. The van der Waals surface area contributed by atoms with E-state index in [9.17, 15) is 4.79 Å². The zero-order valence-corrected chi connectivity index (χ0v) is 8.76. The van der Waals surface area contributed by atoms with E-state index in [4.69, 9.17) is 17.4 Å². The normalized spacial score (nSPS) is 9.58. The maximum atomic E-state index is 11.0. The lowest BCUT2D eigenvalue weighted by Gasteiger charge is -2.01. The quantitative estimate of drug-likeness (QED) is 0.266. The number of nitrogens with one attached hydrogen (secondary N) is 1. The Morgan fingerprint density at radius 2 is 2.42 bits per heavy atom. The molecule has 4 nitrogen and oxygen atoms in total. The minimum absolute atomic E-state index is 0.151. The van der Waals surface area contributed by atoms with E-state index >= 15 is 0 Å². The van der Waals surface area contributed by atoms with Crippen molar-refractivity contribution >= 4 is 40.1 Å². The van der Waals surface area contributed by atoms with Crippen LogP contribution in [0, 0.1) is 3.57 Å². The number of carbonyl (C=O) groups excluding carboxylic acids is 1. The van der Waals surface area contributed by atoms with E-state index in [1.165, 1.54) is 0 Å². The summed E-state index contributed by atoms with van der Waals surface area (Å²) in [5.41, 5.74) is 2.27. The largest absolute Gasteiger partial charge is 0.290 e. The van der Waals surface area contributed by atoms with E-state index in [1.54, 1.807) is 12.3 Å². The predicted molar refractivity (Wildman–Crippen MR) is 53.6 cm³/mol. The molecule has 0 aliphatic carbocycles. The third-order valence-corrected chi connectivity index (χ3v) is 2.07. The fourth-order valence-electron chi connectivity index (χ4n) is 0.660. The van der Waals surface area contributed by atoms with Gasteiger partial charge in [-0.15, -0.1) is 0 Å². The highest BCUT2D eigenvalue weighted by molar-refractivity contribution is 14.1. The third kappa shape index (κ3) is 2.05. The highest BCUT2D eigenvalue weighted by Crippen LogP contribution is 2.14. The second kappa shape index (κ2) is 4.01. The smallest absolute Gasteiger partial charge is 0.268 e. The van der Waals surface area contributed by atoms with Crippen LogP contribution in [0.4, 0.5) is 0 Å². The third-order valence-electron chi connectivity index (χ3n) is 1.18. The van der Waals surface area contributed by atoms with Crippen molar-refractivity contribution in [1.29, 1.82) is 0 Å². The number of hydrogen-bond acceptors (Lipinski definition) is 3. The van der Waals surface area contributed by atoms with E-state index in [0.29, 0.717) is 0 Å². The van der Waals surface area contributed by atoms with Gasteiger partial charge in [0.2, 0.25) is 0 Å². The van der Waals surface area contributed by atoms with E-state index in [2.05, 4.69) is 4.98 Å². The Kier molecular flexibility index (Phi) is 3.24. The average Bonchev–Trinajstić information content (AvgIpc) is 2.08. The second-order valence-electron chi connectivity index (χ2n) is 1.97. The molecular weight excluding hydrogens is 292 g/mol. The molecule has 0 radical (unpaired) electrons. The highest BCUT2D eigenvalue weighted by atomic mass is 127. The fourth-order valence-corrected chi connectivity index (χ4v) is 1.30. The molecular formula is C6H5ClIN3O. The van der Waals surface area contributed by atoms with Gasteiger partial charge in [-0.2, -0.15) is 0 Å². The van der Waals surface area contributed by atoms with Crippen LogP contribution in [0.1, 0.15) is 10.4 Å². The Hall–Kier alpha value is -0.400. The van der Waals surface area contributed by atoms with Gasteiger partial charge in [-0.25, -0.2) is 10.8 Å².